The first-order valence-corrected chi connectivity index (χ1v) is 8.63. The van der Waals surface area contributed by atoms with Crippen molar-refractivity contribution in [3.63, 3.8) is 0 Å². The second-order valence-corrected chi connectivity index (χ2v) is 8.96. The summed E-state index contributed by atoms with van der Waals surface area (Å²) in [4.78, 5) is 0.0473. The van der Waals surface area contributed by atoms with Crippen molar-refractivity contribution in [3.8, 4) is 0 Å². The van der Waals surface area contributed by atoms with Crippen LogP contribution in [0.4, 0.5) is 0 Å². The first-order valence-electron chi connectivity index (χ1n) is 6.09. The van der Waals surface area contributed by atoms with Crippen LogP contribution in [0.3, 0.4) is 0 Å². The van der Waals surface area contributed by atoms with Crippen molar-refractivity contribution in [2.24, 2.45) is 5.92 Å². The summed E-state index contributed by atoms with van der Waals surface area (Å²) in [6.07, 6.45) is -0.708. The molecule has 1 unspecified atom stereocenters. The molecule has 114 valence electrons. The van der Waals surface area contributed by atoms with Crippen LogP contribution in [0, 0.1) is 12.8 Å². The van der Waals surface area contributed by atoms with E-state index in [1.165, 1.54) is 12.1 Å². The van der Waals surface area contributed by atoms with E-state index < -0.39 is 20.0 Å². The van der Waals surface area contributed by atoms with Crippen molar-refractivity contribution in [1.29, 1.82) is 0 Å². The molecule has 0 fully saturated rings. The van der Waals surface area contributed by atoms with E-state index in [9.17, 15) is 8.42 Å². The maximum Gasteiger partial charge on any atom is 0.297 e. The molecule has 0 heterocycles. The van der Waals surface area contributed by atoms with E-state index in [2.05, 4.69) is 0 Å². The lowest BCUT2D eigenvalue weighted by atomic mass is 10.1. The number of hydrogen-bond donors (Lipinski definition) is 0. The van der Waals surface area contributed by atoms with Gasteiger partial charge in [0.15, 0.2) is 0 Å². The van der Waals surface area contributed by atoms with Gasteiger partial charge in [0.25, 0.3) is 10.1 Å². The van der Waals surface area contributed by atoms with Crippen LogP contribution in [0.25, 0.3) is 0 Å². The molecule has 1 atom stereocenters. The Kier molecular flexibility index (Phi) is 6.17. The molecule has 0 N–H and O–H groups in total. The van der Waals surface area contributed by atoms with Crippen LogP contribution in [0.5, 0.6) is 0 Å². The molecule has 0 aliphatic rings. The van der Waals surface area contributed by atoms with Crippen molar-refractivity contribution >= 4 is 44.9 Å². The molecule has 0 aromatic heterocycles. The fourth-order valence-electron chi connectivity index (χ4n) is 1.57. The molecule has 0 radical (unpaired) electrons. The van der Waals surface area contributed by atoms with Crippen LogP contribution in [-0.4, -0.2) is 18.3 Å². The van der Waals surface area contributed by atoms with E-state index in [1.807, 2.05) is 20.8 Å². The molecule has 0 aliphatic carbocycles. The van der Waals surface area contributed by atoms with Gasteiger partial charge in [-0.3, -0.25) is 4.18 Å². The lowest BCUT2D eigenvalue weighted by Crippen LogP contribution is -2.32. The zero-order valence-electron chi connectivity index (χ0n) is 11.4. The van der Waals surface area contributed by atoms with Crippen molar-refractivity contribution in [2.75, 3.05) is 0 Å². The van der Waals surface area contributed by atoms with Gasteiger partial charge < -0.3 is 0 Å². The van der Waals surface area contributed by atoms with Crippen LogP contribution in [0.2, 0.25) is 0 Å². The lowest BCUT2D eigenvalue weighted by molar-refractivity contribution is 0.185. The zero-order valence-corrected chi connectivity index (χ0v) is 14.5. The molecule has 0 saturated heterocycles. The Bertz CT molecular complexity index is 533. The van der Waals surface area contributed by atoms with Gasteiger partial charge in [-0.05, 0) is 31.4 Å². The summed E-state index contributed by atoms with van der Waals surface area (Å²) >= 11 is 17.4. The van der Waals surface area contributed by atoms with E-state index in [1.54, 1.807) is 12.1 Å². The quantitative estimate of drug-likeness (QED) is 0.575. The highest BCUT2D eigenvalue weighted by molar-refractivity contribution is 7.86. The van der Waals surface area contributed by atoms with Crippen LogP contribution in [0.15, 0.2) is 29.2 Å². The van der Waals surface area contributed by atoms with Crippen molar-refractivity contribution < 1.29 is 12.6 Å². The Balaban J connectivity index is 3.00. The van der Waals surface area contributed by atoms with Crippen molar-refractivity contribution in [1.82, 2.24) is 0 Å². The molecule has 7 heteroatoms. The van der Waals surface area contributed by atoms with E-state index in [4.69, 9.17) is 39.0 Å². The number of aryl methyl sites for hydroxylation is 1. The average Bonchev–Trinajstić information content (AvgIpc) is 2.26. The van der Waals surface area contributed by atoms with Gasteiger partial charge in [-0.1, -0.05) is 66.3 Å². The highest BCUT2D eigenvalue weighted by Gasteiger charge is 2.38. The molecule has 1 aromatic rings. The number of halogens is 3. The molecule has 0 saturated carbocycles. The molecular weight excluding hydrogens is 343 g/mol. The number of rotatable bonds is 5. The smallest absolute Gasteiger partial charge is 0.258 e. The largest absolute Gasteiger partial charge is 0.297 e. The maximum absolute atomic E-state index is 12.2. The lowest BCUT2D eigenvalue weighted by Gasteiger charge is -2.25. The van der Waals surface area contributed by atoms with Crippen LogP contribution in [-0.2, 0) is 14.3 Å². The van der Waals surface area contributed by atoms with Gasteiger partial charge in [0, 0.05) is 0 Å². The summed E-state index contributed by atoms with van der Waals surface area (Å²) in [6, 6.07) is 6.30. The van der Waals surface area contributed by atoms with Gasteiger partial charge in [0.2, 0.25) is 3.79 Å². The van der Waals surface area contributed by atoms with Gasteiger partial charge in [-0.15, -0.1) is 0 Å². The van der Waals surface area contributed by atoms with Crippen LogP contribution < -0.4 is 0 Å². The SMILES string of the molecule is Cc1ccc(S(=O)(=O)OC(CC(C)C)C(Cl)(Cl)Cl)cc1. The molecule has 0 aliphatic heterocycles. The van der Waals surface area contributed by atoms with E-state index >= 15 is 0 Å². The highest BCUT2D eigenvalue weighted by Crippen LogP contribution is 2.37. The number of alkyl halides is 3. The third-order valence-corrected chi connectivity index (χ3v) is 4.67. The molecule has 1 rings (SSSR count). The first kappa shape index (κ1) is 18.1. The minimum Gasteiger partial charge on any atom is -0.258 e. The second-order valence-electron chi connectivity index (χ2n) is 5.02. The van der Waals surface area contributed by atoms with E-state index in [0.29, 0.717) is 6.42 Å². The minimum atomic E-state index is -3.96. The number of benzene rings is 1. The third kappa shape index (κ3) is 5.41. The van der Waals surface area contributed by atoms with Crippen LogP contribution >= 0.6 is 34.8 Å². The number of hydrogen-bond acceptors (Lipinski definition) is 3. The Morgan fingerprint density at radius 1 is 1.15 bits per heavy atom. The first-order chi connectivity index (χ1) is 9.02. The van der Waals surface area contributed by atoms with Gasteiger partial charge >= 0.3 is 0 Å². The van der Waals surface area contributed by atoms with Crippen molar-refractivity contribution in [2.45, 2.75) is 42.0 Å². The molecule has 1 aromatic carbocycles. The fraction of sp³-hybridized carbons (Fsp3) is 0.538. The summed E-state index contributed by atoms with van der Waals surface area (Å²) in [6.45, 7) is 5.65. The molecule has 0 bridgehead atoms. The normalized spacial score (nSPS) is 14.6. The van der Waals surface area contributed by atoms with E-state index in [-0.39, 0.29) is 10.8 Å². The van der Waals surface area contributed by atoms with Crippen molar-refractivity contribution in [3.05, 3.63) is 29.8 Å². The predicted octanol–water partition coefficient (Wildman–Crippen LogP) is 4.49. The fourth-order valence-corrected chi connectivity index (χ4v) is 3.24. The predicted molar refractivity (Wildman–Crippen MR) is 83.0 cm³/mol. The zero-order chi connectivity index (χ0) is 15.6. The highest BCUT2D eigenvalue weighted by atomic mass is 35.6. The molecule has 3 nitrogen and oxygen atoms in total. The summed E-state index contributed by atoms with van der Waals surface area (Å²) in [5.74, 6) is 0.129. The summed E-state index contributed by atoms with van der Waals surface area (Å²) in [5, 5.41) is 0. The molecule has 0 spiro atoms. The molecule has 20 heavy (non-hydrogen) atoms. The monoisotopic (exact) mass is 358 g/mol. The Hall–Kier alpha value is -0.000000000000000167. The van der Waals surface area contributed by atoms with Gasteiger partial charge in [0.05, 0.1) is 4.90 Å². The van der Waals surface area contributed by atoms with Gasteiger partial charge in [-0.2, -0.15) is 8.42 Å². The van der Waals surface area contributed by atoms with E-state index in [0.717, 1.165) is 5.56 Å². The Morgan fingerprint density at radius 3 is 2.05 bits per heavy atom. The summed E-state index contributed by atoms with van der Waals surface area (Å²) < 4.78 is 27.7. The molecular formula is C13H17Cl3O3S. The standard InChI is InChI=1S/C13H17Cl3O3S/c1-9(2)8-12(13(14,15)16)19-20(17,18)11-6-4-10(3)5-7-11/h4-7,9,12H,8H2,1-3H3. The minimum absolute atomic E-state index is 0.0473. The maximum atomic E-state index is 12.2. The Labute approximate surface area is 135 Å². The topological polar surface area (TPSA) is 43.4 Å². The Morgan fingerprint density at radius 2 is 1.65 bits per heavy atom. The average molecular weight is 360 g/mol. The molecule has 0 amide bonds. The summed E-state index contributed by atoms with van der Waals surface area (Å²) in [7, 11) is -3.96. The van der Waals surface area contributed by atoms with Gasteiger partial charge in [-0.25, -0.2) is 0 Å². The van der Waals surface area contributed by atoms with Crippen LogP contribution in [0.1, 0.15) is 25.8 Å². The summed E-state index contributed by atoms with van der Waals surface area (Å²) in [5.41, 5.74) is 0.948. The third-order valence-electron chi connectivity index (χ3n) is 2.60. The van der Waals surface area contributed by atoms with Gasteiger partial charge in [0.1, 0.15) is 6.10 Å². The second kappa shape index (κ2) is 6.84.